The van der Waals surface area contributed by atoms with Gasteiger partial charge in [0.05, 0.1) is 26.4 Å². The zero-order valence-electron chi connectivity index (χ0n) is 61.4. The highest BCUT2D eigenvalue weighted by atomic mass is 31.2. The normalized spacial score (nSPS) is 14.1. The Morgan fingerprint density at radius 1 is 0.287 bits per heavy atom. The van der Waals surface area contributed by atoms with Gasteiger partial charge in [0.15, 0.2) is 12.2 Å². The summed E-state index contributed by atoms with van der Waals surface area (Å²) in [7, 11) is -9.91. The van der Waals surface area contributed by atoms with E-state index in [4.69, 9.17) is 37.0 Å². The van der Waals surface area contributed by atoms with Crippen LogP contribution in [0.5, 0.6) is 0 Å². The number of aliphatic hydroxyl groups excluding tert-OH is 1. The van der Waals surface area contributed by atoms with E-state index >= 15 is 0 Å². The summed E-state index contributed by atoms with van der Waals surface area (Å²) in [5, 5.41) is 10.6. The van der Waals surface area contributed by atoms with Gasteiger partial charge in [-0.15, -0.1) is 0 Å². The number of aliphatic hydroxyl groups is 1. The monoisotopic (exact) mass is 1380 g/mol. The number of phosphoric acid groups is 2. The smallest absolute Gasteiger partial charge is 0.462 e. The molecule has 0 bridgehead atoms. The Morgan fingerprint density at radius 3 is 0.723 bits per heavy atom. The predicted molar refractivity (Wildman–Crippen MR) is 381 cm³/mol. The number of phosphoric ester groups is 2. The van der Waals surface area contributed by atoms with E-state index in [9.17, 15) is 43.2 Å². The second kappa shape index (κ2) is 65.7. The fourth-order valence-electron chi connectivity index (χ4n) is 11.4. The van der Waals surface area contributed by atoms with Crippen LogP contribution in [0.3, 0.4) is 0 Å². The number of unbranched alkanes of at least 4 members (excludes halogenated alkanes) is 41. The van der Waals surface area contributed by atoms with Crippen molar-refractivity contribution >= 4 is 39.5 Å². The van der Waals surface area contributed by atoms with Gasteiger partial charge >= 0.3 is 39.5 Å². The van der Waals surface area contributed by atoms with Crippen LogP contribution in [-0.4, -0.2) is 96.7 Å². The third-order valence-electron chi connectivity index (χ3n) is 17.4. The molecule has 0 amide bonds. The van der Waals surface area contributed by atoms with Crippen molar-refractivity contribution < 1.29 is 80.2 Å². The SMILES string of the molecule is CCCCCCCCCCCCCCCC(=O)OC[C@H](COP(=O)(O)OC[C@@H](O)COP(=O)(O)OC[C@@H](COC(=O)CCCCCCCCCCC(C)C)OC(=O)CCCCCCCCCCCC(C)C)OC(=O)CCCCCCCCCCCCCCCCCC(C)C. The van der Waals surface area contributed by atoms with Crippen molar-refractivity contribution in [2.24, 2.45) is 17.8 Å². The summed E-state index contributed by atoms with van der Waals surface area (Å²) in [6, 6.07) is 0. The minimum absolute atomic E-state index is 0.105. The van der Waals surface area contributed by atoms with Gasteiger partial charge < -0.3 is 33.8 Å². The van der Waals surface area contributed by atoms with Crippen molar-refractivity contribution in [1.82, 2.24) is 0 Å². The van der Waals surface area contributed by atoms with Crippen LogP contribution in [-0.2, 0) is 65.4 Å². The molecule has 5 atom stereocenters. The number of carbonyl (C=O) groups excluding carboxylic acids is 4. The fraction of sp³-hybridized carbons (Fsp3) is 0.947. The first-order chi connectivity index (χ1) is 45.2. The number of ether oxygens (including phenoxy) is 4. The zero-order chi connectivity index (χ0) is 69.4. The summed E-state index contributed by atoms with van der Waals surface area (Å²) in [6.07, 6.45) is 51.3. The molecule has 0 radical (unpaired) electrons. The fourth-order valence-corrected chi connectivity index (χ4v) is 13.0. The lowest BCUT2D eigenvalue weighted by molar-refractivity contribution is -0.161. The third kappa shape index (κ3) is 68.6. The van der Waals surface area contributed by atoms with Crippen LogP contribution in [0, 0.1) is 17.8 Å². The highest BCUT2D eigenvalue weighted by Gasteiger charge is 2.30. The van der Waals surface area contributed by atoms with Crippen molar-refractivity contribution in [2.75, 3.05) is 39.6 Å². The molecule has 0 saturated carbocycles. The van der Waals surface area contributed by atoms with E-state index in [1.54, 1.807) is 0 Å². The molecule has 0 fully saturated rings. The van der Waals surface area contributed by atoms with Gasteiger partial charge in [-0.25, -0.2) is 9.13 Å². The quantitative estimate of drug-likeness (QED) is 0.0222. The standard InChI is InChI=1S/C75H146O17P2/c1-8-9-10-11-12-13-14-18-22-27-35-42-49-56-72(77)85-62-70(91-74(79)58-51-44-37-28-23-20-17-15-16-19-21-25-32-39-46-53-66(2)3)64-89-93(81,82)87-60-69(76)61-88-94(83,84)90-65-71(63-86-73(78)57-50-43-36-31-30-34-41-48-55-68(6)7)92-75(80)59-52-45-38-29-24-26-33-40-47-54-67(4)5/h66-71,76H,8-65H2,1-7H3,(H,81,82)(H,83,84)/t69-,70-,71-/m1/s1. The molecule has 0 aromatic rings. The van der Waals surface area contributed by atoms with Crippen molar-refractivity contribution in [1.29, 1.82) is 0 Å². The van der Waals surface area contributed by atoms with Crippen LogP contribution in [0.4, 0.5) is 0 Å². The Labute approximate surface area is 575 Å². The minimum atomic E-state index is -4.96. The number of esters is 4. The van der Waals surface area contributed by atoms with E-state index in [2.05, 4.69) is 48.5 Å². The molecule has 0 aliphatic rings. The molecule has 94 heavy (non-hydrogen) atoms. The molecule has 0 aromatic carbocycles. The molecule has 0 aliphatic carbocycles. The van der Waals surface area contributed by atoms with Crippen LogP contribution in [0.25, 0.3) is 0 Å². The summed E-state index contributed by atoms with van der Waals surface area (Å²) in [4.78, 5) is 72.8. The van der Waals surface area contributed by atoms with Crippen molar-refractivity contribution in [3.8, 4) is 0 Å². The first kappa shape index (κ1) is 92.1. The molecule has 0 saturated heterocycles. The molecule has 2 unspecified atom stereocenters. The van der Waals surface area contributed by atoms with E-state index in [0.29, 0.717) is 25.7 Å². The Morgan fingerprint density at radius 2 is 0.489 bits per heavy atom. The maximum atomic E-state index is 13.1. The third-order valence-corrected chi connectivity index (χ3v) is 19.3. The molecule has 558 valence electrons. The van der Waals surface area contributed by atoms with E-state index in [0.717, 1.165) is 108 Å². The molecule has 0 aromatic heterocycles. The van der Waals surface area contributed by atoms with Crippen LogP contribution in [0.2, 0.25) is 0 Å². The Balaban J connectivity index is 5.24. The lowest BCUT2D eigenvalue weighted by atomic mass is 10.0. The van der Waals surface area contributed by atoms with Gasteiger partial charge in [0.25, 0.3) is 0 Å². The molecular formula is C75H146O17P2. The van der Waals surface area contributed by atoms with Gasteiger partial charge in [-0.1, -0.05) is 331 Å². The summed E-state index contributed by atoms with van der Waals surface area (Å²) in [5.41, 5.74) is 0. The van der Waals surface area contributed by atoms with Gasteiger partial charge in [-0.2, -0.15) is 0 Å². The van der Waals surface area contributed by atoms with Gasteiger partial charge in [-0.05, 0) is 43.4 Å². The second-order valence-electron chi connectivity index (χ2n) is 28.5. The van der Waals surface area contributed by atoms with E-state index in [-0.39, 0.29) is 25.7 Å². The maximum absolute atomic E-state index is 13.1. The van der Waals surface area contributed by atoms with Crippen molar-refractivity contribution in [3.63, 3.8) is 0 Å². The van der Waals surface area contributed by atoms with Gasteiger partial charge in [0.1, 0.15) is 19.3 Å². The number of hydrogen-bond acceptors (Lipinski definition) is 15. The highest BCUT2D eigenvalue weighted by Crippen LogP contribution is 2.45. The molecule has 0 heterocycles. The average molecular weight is 1380 g/mol. The van der Waals surface area contributed by atoms with Crippen LogP contribution in [0.1, 0.15) is 382 Å². The van der Waals surface area contributed by atoms with Crippen molar-refractivity contribution in [2.45, 2.75) is 401 Å². The Kier molecular flexibility index (Phi) is 64.3. The lowest BCUT2D eigenvalue weighted by Gasteiger charge is -2.21. The predicted octanol–water partition coefficient (Wildman–Crippen LogP) is 21.8. The Bertz CT molecular complexity index is 1840. The maximum Gasteiger partial charge on any atom is 0.472 e. The second-order valence-corrected chi connectivity index (χ2v) is 31.4. The van der Waals surface area contributed by atoms with Crippen LogP contribution >= 0.6 is 15.6 Å². The van der Waals surface area contributed by atoms with Gasteiger partial charge in [0, 0.05) is 25.7 Å². The summed E-state index contributed by atoms with van der Waals surface area (Å²) < 4.78 is 68.5. The first-order valence-electron chi connectivity index (χ1n) is 38.8. The summed E-state index contributed by atoms with van der Waals surface area (Å²) in [6.45, 7) is 11.9. The molecule has 0 spiro atoms. The molecule has 3 N–H and O–H groups in total. The van der Waals surface area contributed by atoms with Crippen molar-refractivity contribution in [3.05, 3.63) is 0 Å². The zero-order valence-corrected chi connectivity index (χ0v) is 63.2. The van der Waals surface area contributed by atoms with E-state index in [1.807, 2.05) is 0 Å². The largest absolute Gasteiger partial charge is 0.472 e. The summed E-state index contributed by atoms with van der Waals surface area (Å²) in [5.74, 6) is 0.146. The lowest BCUT2D eigenvalue weighted by Crippen LogP contribution is -2.30. The topological polar surface area (TPSA) is 237 Å². The number of rotatable bonds is 73. The molecule has 17 nitrogen and oxygen atoms in total. The Hall–Kier alpha value is -1.94. The highest BCUT2D eigenvalue weighted by molar-refractivity contribution is 7.47. The molecule has 0 aliphatic heterocycles. The molecule has 19 heteroatoms. The van der Waals surface area contributed by atoms with E-state index < -0.39 is 97.5 Å². The number of hydrogen-bond donors (Lipinski definition) is 3. The molecular weight excluding hydrogens is 1230 g/mol. The van der Waals surface area contributed by atoms with Gasteiger partial charge in [0.2, 0.25) is 0 Å². The first-order valence-corrected chi connectivity index (χ1v) is 41.8. The summed E-state index contributed by atoms with van der Waals surface area (Å²) >= 11 is 0. The van der Waals surface area contributed by atoms with E-state index in [1.165, 1.54) is 193 Å². The average Bonchev–Trinajstić information content (AvgIpc) is 1.19. The minimum Gasteiger partial charge on any atom is -0.462 e. The number of carbonyl (C=O) groups is 4. The van der Waals surface area contributed by atoms with Crippen LogP contribution < -0.4 is 0 Å². The molecule has 0 rings (SSSR count). The van der Waals surface area contributed by atoms with Crippen LogP contribution in [0.15, 0.2) is 0 Å². The van der Waals surface area contributed by atoms with Gasteiger partial charge in [-0.3, -0.25) is 37.3 Å².